The number of hydrogen-bond donors (Lipinski definition) is 2. The van der Waals surface area contributed by atoms with Crippen LogP contribution >= 0.6 is 0 Å². The molecule has 1 aromatic rings. The van der Waals surface area contributed by atoms with E-state index in [-0.39, 0.29) is 12.0 Å². The van der Waals surface area contributed by atoms with Gasteiger partial charge in [0.15, 0.2) is 5.69 Å². The van der Waals surface area contributed by atoms with Gasteiger partial charge >= 0.3 is 0 Å². The molecule has 3 rings (SSSR count). The van der Waals surface area contributed by atoms with Crippen LogP contribution in [0.3, 0.4) is 0 Å². The summed E-state index contributed by atoms with van der Waals surface area (Å²) in [5, 5.41) is 13.3. The Labute approximate surface area is 179 Å². The molecule has 2 saturated heterocycles. The minimum Gasteiger partial charge on any atom is -0.447 e. The molecule has 9 nitrogen and oxygen atoms in total. The molecule has 9 heteroatoms. The molecule has 1 aromatic heterocycles. The van der Waals surface area contributed by atoms with Crippen molar-refractivity contribution >= 4 is 5.91 Å². The average molecular weight is 424 g/mol. The van der Waals surface area contributed by atoms with Crippen LogP contribution in [-0.2, 0) is 11.3 Å². The summed E-state index contributed by atoms with van der Waals surface area (Å²) >= 11 is 0. The van der Waals surface area contributed by atoms with Gasteiger partial charge in [-0.3, -0.25) is 19.5 Å². The van der Waals surface area contributed by atoms with Crippen molar-refractivity contribution in [3.05, 3.63) is 17.8 Å². The SMILES string of the molecule is CC(C)CCNC(=O)c1coc(CN2CCN(C[C@@H](O)CN3CCOCC3)CC2)n1. The van der Waals surface area contributed by atoms with Crippen LogP contribution in [0, 0.1) is 5.92 Å². The zero-order valence-corrected chi connectivity index (χ0v) is 18.4. The lowest BCUT2D eigenvalue weighted by molar-refractivity contribution is 0.00187. The summed E-state index contributed by atoms with van der Waals surface area (Å²) in [6.07, 6.45) is 2.05. The average Bonchev–Trinajstić information content (AvgIpc) is 3.18. The number of aliphatic hydroxyl groups excluding tert-OH is 1. The molecule has 1 amide bonds. The van der Waals surface area contributed by atoms with Crippen molar-refractivity contribution in [2.45, 2.75) is 32.9 Å². The van der Waals surface area contributed by atoms with Crippen LogP contribution in [0.15, 0.2) is 10.7 Å². The van der Waals surface area contributed by atoms with Gasteiger partial charge in [0.1, 0.15) is 6.26 Å². The van der Waals surface area contributed by atoms with E-state index in [0.29, 0.717) is 43.7 Å². The number of amides is 1. The predicted molar refractivity (Wildman–Crippen MR) is 113 cm³/mol. The van der Waals surface area contributed by atoms with Crippen molar-refractivity contribution in [1.29, 1.82) is 0 Å². The van der Waals surface area contributed by atoms with Crippen molar-refractivity contribution in [3.63, 3.8) is 0 Å². The maximum atomic E-state index is 12.1. The van der Waals surface area contributed by atoms with Crippen LogP contribution in [0.1, 0.15) is 36.6 Å². The summed E-state index contributed by atoms with van der Waals surface area (Å²) < 4.78 is 10.9. The first-order chi connectivity index (χ1) is 14.5. The normalized spacial score (nSPS) is 20.5. The van der Waals surface area contributed by atoms with Gasteiger partial charge in [0, 0.05) is 58.9 Å². The van der Waals surface area contributed by atoms with E-state index in [1.807, 2.05) is 0 Å². The third kappa shape index (κ3) is 7.63. The van der Waals surface area contributed by atoms with Gasteiger partial charge in [-0.15, -0.1) is 0 Å². The second-order valence-corrected chi connectivity index (χ2v) is 8.71. The first-order valence-electron chi connectivity index (χ1n) is 11.1. The predicted octanol–water partition coefficient (Wildman–Crippen LogP) is 0.261. The number of aromatic nitrogens is 1. The van der Waals surface area contributed by atoms with Gasteiger partial charge in [-0.1, -0.05) is 13.8 Å². The Kier molecular flexibility index (Phi) is 9.07. The second-order valence-electron chi connectivity index (χ2n) is 8.71. The molecule has 170 valence electrons. The Balaban J connectivity index is 1.34. The Morgan fingerprint density at radius 3 is 2.40 bits per heavy atom. The van der Waals surface area contributed by atoms with E-state index in [4.69, 9.17) is 9.15 Å². The lowest BCUT2D eigenvalue weighted by Crippen LogP contribution is -2.50. The van der Waals surface area contributed by atoms with E-state index in [0.717, 1.165) is 58.9 Å². The van der Waals surface area contributed by atoms with Gasteiger partial charge in [0.25, 0.3) is 5.91 Å². The zero-order valence-electron chi connectivity index (χ0n) is 18.4. The molecule has 0 spiro atoms. The first kappa shape index (κ1) is 23.1. The highest BCUT2D eigenvalue weighted by Gasteiger charge is 2.22. The summed E-state index contributed by atoms with van der Waals surface area (Å²) in [5.74, 6) is 0.951. The third-order valence-corrected chi connectivity index (χ3v) is 5.66. The van der Waals surface area contributed by atoms with Gasteiger partial charge in [0.05, 0.1) is 25.9 Å². The summed E-state index contributed by atoms with van der Waals surface area (Å²) in [6.45, 7) is 13.8. The highest BCUT2D eigenvalue weighted by molar-refractivity contribution is 5.91. The third-order valence-electron chi connectivity index (χ3n) is 5.66. The van der Waals surface area contributed by atoms with Gasteiger partial charge < -0.3 is 19.6 Å². The number of hydrogen-bond acceptors (Lipinski definition) is 8. The van der Waals surface area contributed by atoms with Crippen molar-refractivity contribution in [2.75, 3.05) is 72.1 Å². The van der Waals surface area contributed by atoms with E-state index in [9.17, 15) is 9.90 Å². The number of β-amino-alcohol motifs (C(OH)–C–C–N with tert-alkyl or cyclic N) is 1. The lowest BCUT2D eigenvalue weighted by atomic mass is 10.1. The quantitative estimate of drug-likeness (QED) is 0.554. The fourth-order valence-corrected chi connectivity index (χ4v) is 3.81. The lowest BCUT2D eigenvalue weighted by Gasteiger charge is -2.36. The number of carbonyl (C=O) groups is 1. The highest BCUT2D eigenvalue weighted by atomic mass is 16.5. The van der Waals surface area contributed by atoms with E-state index >= 15 is 0 Å². The molecule has 0 saturated carbocycles. The maximum absolute atomic E-state index is 12.1. The number of nitrogens with zero attached hydrogens (tertiary/aromatic N) is 4. The summed E-state index contributed by atoms with van der Waals surface area (Å²) in [6, 6.07) is 0. The molecular weight excluding hydrogens is 386 g/mol. The minimum atomic E-state index is -0.335. The van der Waals surface area contributed by atoms with Crippen molar-refractivity contribution < 1.29 is 19.1 Å². The van der Waals surface area contributed by atoms with Crippen LogP contribution in [0.5, 0.6) is 0 Å². The van der Waals surface area contributed by atoms with Gasteiger partial charge in [0.2, 0.25) is 5.89 Å². The maximum Gasteiger partial charge on any atom is 0.273 e. The van der Waals surface area contributed by atoms with Crippen molar-refractivity contribution in [3.8, 4) is 0 Å². The molecule has 0 bridgehead atoms. The van der Waals surface area contributed by atoms with Crippen molar-refractivity contribution in [2.24, 2.45) is 5.92 Å². The Morgan fingerprint density at radius 2 is 1.73 bits per heavy atom. The van der Waals surface area contributed by atoms with Gasteiger partial charge in [-0.05, 0) is 12.3 Å². The van der Waals surface area contributed by atoms with Crippen LogP contribution in [0.25, 0.3) is 0 Å². The highest BCUT2D eigenvalue weighted by Crippen LogP contribution is 2.10. The molecule has 0 aromatic carbocycles. The second kappa shape index (κ2) is 11.8. The number of piperazine rings is 1. The summed E-state index contributed by atoms with van der Waals surface area (Å²) in [5.41, 5.74) is 0.346. The molecule has 1 atom stereocenters. The summed E-state index contributed by atoms with van der Waals surface area (Å²) in [7, 11) is 0. The Bertz CT molecular complexity index is 639. The number of nitrogens with one attached hydrogen (secondary N) is 1. The van der Waals surface area contributed by atoms with E-state index < -0.39 is 0 Å². The smallest absolute Gasteiger partial charge is 0.273 e. The van der Waals surface area contributed by atoms with Crippen LogP contribution in [-0.4, -0.2) is 109 Å². The molecule has 30 heavy (non-hydrogen) atoms. The Hall–Kier alpha value is -1.52. The molecule has 2 N–H and O–H groups in total. The molecule has 0 radical (unpaired) electrons. The fraction of sp³-hybridized carbons (Fsp3) is 0.810. The van der Waals surface area contributed by atoms with Crippen LogP contribution in [0.2, 0.25) is 0 Å². The number of carbonyl (C=O) groups excluding carboxylic acids is 1. The van der Waals surface area contributed by atoms with Crippen LogP contribution in [0.4, 0.5) is 0 Å². The number of rotatable bonds is 10. The monoisotopic (exact) mass is 423 g/mol. The molecule has 3 heterocycles. The fourth-order valence-electron chi connectivity index (χ4n) is 3.81. The largest absolute Gasteiger partial charge is 0.447 e. The number of oxazole rings is 1. The van der Waals surface area contributed by atoms with Crippen LogP contribution < -0.4 is 5.32 Å². The molecule has 2 fully saturated rings. The topological polar surface area (TPSA) is 94.3 Å². The van der Waals surface area contributed by atoms with E-state index in [2.05, 4.69) is 38.8 Å². The first-order valence-corrected chi connectivity index (χ1v) is 11.1. The molecule has 2 aliphatic heterocycles. The minimum absolute atomic E-state index is 0.176. The Morgan fingerprint density at radius 1 is 1.10 bits per heavy atom. The van der Waals surface area contributed by atoms with Gasteiger partial charge in [-0.2, -0.15) is 0 Å². The number of ether oxygens (including phenoxy) is 1. The van der Waals surface area contributed by atoms with E-state index in [1.165, 1.54) is 6.26 Å². The summed E-state index contributed by atoms with van der Waals surface area (Å²) in [4.78, 5) is 23.3. The van der Waals surface area contributed by atoms with Crippen molar-refractivity contribution in [1.82, 2.24) is 25.0 Å². The van der Waals surface area contributed by atoms with E-state index in [1.54, 1.807) is 0 Å². The molecule has 0 aliphatic carbocycles. The standard InChI is InChI=1S/C21H37N5O4/c1-17(2)3-4-22-21(28)19-16-30-20(23-19)15-25-7-5-24(6-8-25)13-18(27)14-26-9-11-29-12-10-26/h16-18,27H,3-15H2,1-2H3,(H,22,28)/t18-/m1/s1. The zero-order chi connectivity index (χ0) is 21.3. The van der Waals surface area contributed by atoms with Gasteiger partial charge in [-0.25, -0.2) is 4.98 Å². The number of aliphatic hydroxyl groups is 1. The molecule has 2 aliphatic rings. The number of morpholine rings is 1. The molecule has 0 unspecified atom stereocenters. The molecular formula is C21H37N5O4.